The summed E-state index contributed by atoms with van der Waals surface area (Å²) in [5.74, 6) is 1.06. The van der Waals surface area contributed by atoms with Crippen molar-refractivity contribution in [1.29, 1.82) is 0 Å². The molecule has 0 radical (unpaired) electrons. The molecular formula is C12H20N4O3. The molecular weight excluding hydrogens is 248 g/mol. The maximum atomic E-state index is 11.7. The van der Waals surface area contributed by atoms with E-state index in [0.29, 0.717) is 25.4 Å². The van der Waals surface area contributed by atoms with E-state index >= 15 is 0 Å². The Morgan fingerprint density at radius 1 is 1.47 bits per heavy atom. The smallest absolute Gasteiger partial charge is 0.410 e. The fraction of sp³-hybridized carbons (Fsp3) is 0.750. The minimum absolute atomic E-state index is 0.210. The summed E-state index contributed by atoms with van der Waals surface area (Å²) in [5, 5.41) is 6.36. The molecule has 0 atom stereocenters. The number of ether oxygens (including phenoxy) is 1. The lowest BCUT2D eigenvalue weighted by Crippen LogP contribution is -2.52. The van der Waals surface area contributed by atoms with E-state index in [0.717, 1.165) is 5.82 Å². The van der Waals surface area contributed by atoms with E-state index in [9.17, 15) is 9.59 Å². The molecule has 2 rings (SSSR count). The van der Waals surface area contributed by atoms with Crippen molar-refractivity contribution < 1.29 is 9.53 Å². The minimum atomic E-state index is -0.464. The zero-order chi connectivity index (χ0) is 14.2. The van der Waals surface area contributed by atoms with Crippen molar-refractivity contribution in [2.24, 2.45) is 13.0 Å². The highest BCUT2D eigenvalue weighted by molar-refractivity contribution is 5.69. The summed E-state index contributed by atoms with van der Waals surface area (Å²) >= 11 is 0. The average Bonchev–Trinajstić information content (AvgIpc) is 2.51. The van der Waals surface area contributed by atoms with Crippen molar-refractivity contribution in [3.05, 3.63) is 16.3 Å². The average molecular weight is 268 g/mol. The molecule has 0 saturated carbocycles. The van der Waals surface area contributed by atoms with Gasteiger partial charge >= 0.3 is 11.8 Å². The molecule has 1 aliphatic rings. The van der Waals surface area contributed by atoms with E-state index in [-0.39, 0.29) is 11.8 Å². The normalized spacial score (nSPS) is 16.3. The molecule has 7 nitrogen and oxygen atoms in total. The third-order valence-corrected chi connectivity index (χ3v) is 3.05. The van der Waals surface area contributed by atoms with Gasteiger partial charge in [0, 0.05) is 32.5 Å². The first kappa shape index (κ1) is 13.6. The van der Waals surface area contributed by atoms with Crippen LogP contribution in [0.25, 0.3) is 0 Å². The van der Waals surface area contributed by atoms with E-state index in [1.165, 1.54) is 4.57 Å². The van der Waals surface area contributed by atoms with Crippen LogP contribution in [0.4, 0.5) is 4.79 Å². The first-order valence-electron chi connectivity index (χ1n) is 6.34. The monoisotopic (exact) mass is 268 g/mol. The molecule has 2 heterocycles. The summed E-state index contributed by atoms with van der Waals surface area (Å²) in [6.07, 6.45) is 0.411. The number of carbonyl (C=O) groups excluding carboxylic acids is 1. The largest absolute Gasteiger partial charge is 0.444 e. The minimum Gasteiger partial charge on any atom is -0.444 e. The van der Waals surface area contributed by atoms with Gasteiger partial charge in [0.25, 0.3) is 0 Å². The number of nitrogens with one attached hydrogen (secondary N) is 1. The molecule has 0 aliphatic carbocycles. The number of aromatic amines is 1. The van der Waals surface area contributed by atoms with Crippen LogP contribution in [0.5, 0.6) is 0 Å². The number of carbonyl (C=O) groups is 1. The molecule has 106 valence electrons. The van der Waals surface area contributed by atoms with Gasteiger partial charge in [0.15, 0.2) is 0 Å². The third-order valence-electron chi connectivity index (χ3n) is 3.05. The maximum Gasteiger partial charge on any atom is 0.410 e. The van der Waals surface area contributed by atoms with Gasteiger partial charge in [-0.05, 0) is 20.8 Å². The van der Waals surface area contributed by atoms with E-state index in [4.69, 9.17) is 4.74 Å². The van der Waals surface area contributed by atoms with E-state index < -0.39 is 5.60 Å². The van der Waals surface area contributed by atoms with Crippen LogP contribution in [-0.2, 0) is 18.2 Å². The topological polar surface area (TPSA) is 80.2 Å². The quantitative estimate of drug-likeness (QED) is 0.848. The van der Waals surface area contributed by atoms with Gasteiger partial charge in [-0.2, -0.15) is 5.10 Å². The van der Waals surface area contributed by atoms with Crippen LogP contribution in [0.3, 0.4) is 0 Å². The summed E-state index contributed by atoms with van der Waals surface area (Å²) < 4.78 is 6.77. The Balaban J connectivity index is 1.82. The summed E-state index contributed by atoms with van der Waals surface area (Å²) in [6.45, 7) is 6.84. The van der Waals surface area contributed by atoms with Crippen LogP contribution in [0.1, 0.15) is 26.6 Å². The van der Waals surface area contributed by atoms with Crippen molar-refractivity contribution in [2.75, 3.05) is 13.1 Å². The number of aromatic nitrogens is 3. The number of likely N-dealkylation sites (tertiary alicyclic amines) is 1. The number of hydrogen-bond donors (Lipinski definition) is 1. The molecule has 1 aliphatic heterocycles. The highest BCUT2D eigenvalue weighted by atomic mass is 16.6. The number of nitrogens with zero attached hydrogens (tertiary/aromatic N) is 3. The van der Waals surface area contributed by atoms with Crippen LogP contribution >= 0.6 is 0 Å². The first-order valence-corrected chi connectivity index (χ1v) is 6.34. The van der Waals surface area contributed by atoms with Gasteiger partial charge < -0.3 is 9.64 Å². The maximum absolute atomic E-state index is 11.7. The van der Waals surface area contributed by atoms with Gasteiger partial charge in [0.2, 0.25) is 0 Å². The SMILES string of the molecule is Cn1c(CC2CN(C(=O)OC(C)(C)C)C2)n[nH]c1=O. The summed E-state index contributed by atoms with van der Waals surface area (Å²) in [6, 6.07) is 0. The van der Waals surface area contributed by atoms with Gasteiger partial charge in [-0.25, -0.2) is 14.7 Å². The standard InChI is InChI=1S/C12H20N4O3/c1-12(2,3)19-11(18)16-6-8(7-16)5-9-13-14-10(17)15(9)4/h8H,5-7H2,1-4H3,(H,14,17). The second-order valence-electron chi connectivity index (χ2n) is 5.96. The Morgan fingerprint density at radius 3 is 2.58 bits per heavy atom. The molecule has 0 unspecified atom stereocenters. The Labute approximate surface area is 111 Å². The predicted octanol–water partition coefficient (Wildman–Crippen LogP) is 0.518. The Kier molecular flexibility index (Phi) is 3.38. The predicted molar refractivity (Wildman–Crippen MR) is 68.8 cm³/mol. The highest BCUT2D eigenvalue weighted by Crippen LogP contribution is 2.21. The third kappa shape index (κ3) is 3.15. The number of hydrogen-bond acceptors (Lipinski definition) is 4. The van der Waals surface area contributed by atoms with Crippen molar-refractivity contribution in [3.63, 3.8) is 0 Å². The second-order valence-corrected chi connectivity index (χ2v) is 5.96. The van der Waals surface area contributed by atoms with E-state index in [2.05, 4.69) is 10.2 Å². The Morgan fingerprint density at radius 2 is 2.11 bits per heavy atom. The molecule has 0 bridgehead atoms. The van der Waals surface area contributed by atoms with Crippen molar-refractivity contribution in [1.82, 2.24) is 19.7 Å². The van der Waals surface area contributed by atoms with Crippen molar-refractivity contribution in [2.45, 2.75) is 32.8 Å². The zero-order valence-electron chi connectivity index (χ0n) is 11.8. The molecule has 1 aromatic rings. The number of rotatable bonds is 2. The molecule has 0 aromatic carbocycles. The van der Waals surface area contributed by atoms with Crippen LogP contribution in [0, 0.1) is 5.92 Å². The van der Waals surface area contributed by atoms with Crippen molar-refractivity contribution >= 4 is 6.09 Å². The molecule has 1 N–H and O–H groups in total. The molecule has 1 aromatic heterocycles. The molecule has 0 spiro atoms. The Bertz CT molecular complexity index is 520. The van der Waals surface area contributed by atoms with Gasteiger partial charge in [0.1, 0.15) is 11.4 Å². The van der Waals surface area contributed by atoms with Gasteiger partial charge in [0.05, 0.1) is 0 Å². The van der Waals surface area contributed by atoms with Crippen LogP contribution in [0.2, 0.25) is 0 Å². The summed E-state index contributed by atoms with van der Waals surface area (Å²) in [4.78, 5) is 24.6. The zero-order valence-corrected chi connectivity index (χ0v) is 11.8. The van der Waals surface area contributed by atoms with E-state index in [1.54, 1.807) is 11.9 Å². The van der Waals surface area contributed by atoms with Crippen molar-refractivity contribution in [3.8, 4) is 0 Å². The molecule has 7 heteroatoms. The lowest BCUT2D eigenvalue weighted by atomic mass is 9.96. The summed E-state index contributed by atoms with van der Waals surface area (Å²) in [5.41, 5.74) is -0.674. The van der Waals surface area contributed by atoms with Crippen LogP contribution in [-0.4, -0.2) is 44.4 Å². The lowest BCUT2D eigenvalue weighted by Gasteiger charge is -2.39. The Hall–Kier alpha value is -1.79. The fourth-order valence-electron chi connectivity index (χ4n) is 1.99. The first-order chi connectivity index (χ1) is 8.76. The van der Waals surface area contributed by atoms with E-state index in [1.807, 2.05) is 20.8 Å². The van der Waals surface area contributed by atoms with Gasteiger partial charge in [-0.3, -0.25) is 4.57 Å². The molecule has 1 amide bonds. The summed E-state index contributed by atoms with van der Waals surface area (Å²) in [7, 11) is 1.69. The lowest BCUT2D eigenvalue weighted by molar-refractivity contribution is -0.00122. The molecule has 1 saturated heterocycles. The molecule has 1 fully saturated rings. The number of amides is 1. The van der Waals surface area contributed by atoms with Crippen LogP contribution in [0.15, 0.2) is 4.79 Å². The number of H-pyrrole nitrogens is 1. The second kappa shape index (κ2) is 4.71. The fourth-order valence-corrected chi connectivity index (χ4v) is 1.99. The van der Waals surface area contributed by atoms with Crippen LogP contribution < -0.4 is 5.69 Å². The highest BCUT2D eigenvalue weighted by Gasteiger charge is 2.34. The van der Waals surface area contributed by atoms with Gasteiger partial charge in [-0.15, -0.1) is 0 Å². The van der Waals surface area contributed by atoms with Gasteiger partial charge in [-0.1, -0.05) is 0 Å². The molecule has 19 heavy (non-hydrogen) atoms.